The predicted octanol–water partition coefficient (Wildman–Crippen LogP) is 3.30. The molecule has 0 spiro atoms. The molecule has 0 unspecified atom stereocenters. The van der Waals surface area contributed by atoms with Crippen LogP contribution in [0.3, 0.4) is 0 Å². The molecular weight excluding hydrogens is 334 g/mol. The monoisotopic (exact) mass is 357 g/mol. The van der Waals surface area contributed by atoms with Crippen LogP contribution in [0, 0.1) is 0 Å². The second-order valence-electron chi connectivity index (χ2n) is 7.15. The van der Waals surface area contributed by atoms with Gasteiger partial charge < -0.3 is 9.47 Å². The molecule has 7 nitrogen and oxygen atoms in total. The van der Waals surface area contributed by atoms with Crippen molar-refractivity contribution in [3.63, 3.8) is 0 Å². The Morgan fingerprint density at radius 2 is 1.85 bits per heavy atom. The highest BCUT2D eigenvalue weighted by atomic mass is 16.6. The van der Waals surface area contributed by atoms with E-state index in [1.807, 2.05) is 39.1 Å². The van der Waals surface area contributed by atoms with E-state index in [4.69, 9.17) is 9.47 Å². The van der Waals surface area contributed by atoms with Gasteiger partial charge in [-0.2, -0.15) is 5.10 Å². The van der Waals surface area contributed by atoms with Crippen LogP contribution < -0.4 is 0 Å². The van der Waals surface area contributed by atoms with E-state index in [-0.39, 0.29) is 12.1 Å². The largest absolute Gasteiger partial charge is 0.462 e. The molecular formula is C19H23N3O4. The Bertz CT molecular complexity index is 795. The van der Waals surface area contributed by atoms with Gasteiger partial charge in [0.25, 0.3) is 0 Å². The first-order valence-corrected chi connectivity index (χ1v) is 8.60. The van der Waals surface area contributed by atoms with Crippen LogP contribution in [0.5, 0.6) is 0 Å². The highest BCUT2D eigenvalue weighted by molar-refractivity contribution is 5.89. The molecule has 0 radical (unpaired) electrons. The lowest BCUT2D eigenvalue weighted by Gasteiger charge is -2.24. The smallest absolute Gasteiger partial charge is 0.410 e. The molecule has 138 valence electrons. The first-order chi connectivity index (χ1) is 12.3. The van der Waals surface area contributed by atoms with E-state index in [1.165, 1.54) is 0 Å². The van der Waals surface area contributed by atoms with Gasteiger partial charge in [0, 0.05) is 11.8 Å². The van der Waals surface area contributed by atoms with E-state index in [0.717, 1.165) is 16.9 Å². The van der Waals surface area contributed by atoms with E-state index in [0.29, 0.717) is 25.3 Å². The molecule has 2 aromatic rings. The fourth-order valence-electron chi connectivity index (χ4n) is 2.71. The van der Waals surface area contributed by atoms with Crippen LogP contribution in [-0.2, 0) is 22.6 Å². The van der Waals surface area contributed by atoms with Crippen LogP contribution >= 0.6 is 0 Å². The zero-order chi connectivity index (χ0) is 18.9. The van der Waals surface area contributed by atoms with Gasteiger partial charge in [0.1, 0.15) is 5.60 Å². The van der Waals surface area contributed by atoms with Crippen molar-refractivity contribution >= 4 is 12.1 Å². The number of fused-ring (bicyclic) bond motifs is 1. The van der Waals surface area contributed by atoms with Crippen molar-refractivity contribution in [1.29, 1.82) is 0 Å². The van der Waals surface area contributed by atoms with Crippen molar-refractivity contribution in [3.05, 3.63) is 47.3 Å². The second kappa shape index (κ2) is 6.82. The Kier molecular flexibility index (Phi) is 4.71. The summed E-state index contributed by atoms with van der Waals surface area (Å²) < 4.78 is 12.1. The Hall–Kier alpha value is -2.83. The normalized spacial score (nSPS) is 13.5. The third kappa shape index (κ3) is 3.87. The lowest BCUT2D eigenvalue weighted by atomic mass is 10.2. The maximum atomic E-state index is 12.2. The van der Waals surface area contributed by atoms with E-state index < -0.39 is 5.60 Å². The summed E-state index contributed by atoms with van der Waals surface area (Å²) in [6.45, 7) is 8.57. The van der Waals surface area contributed by atoms with Crippen LogP contribution in [0.15, 0.2) is 30.5 Å². The molecule has 3 rings (SSSR count). The van der Waals surface area contributed by atoms with Gasteiger partial charge in [0.05, 0.1) is 36.6 Å². The van der Waals surface area contributed by atoms with Crippen LogP contribution in [0.25, 0.3) is 5.69 Å². The van der Waals surface area contributed by atoms with Gasteiger partial charge in [-0.15, -0.1) is 0 Å². The van der Waals surface area contributed by atoms with Crippen LogP contribution in [0.4, 0.5) is 4.79 Å². The van der Waals surface area contributed by atoms with Crippen molar-refractivity contribution < 1.29 is 19.1 Å². The molecule has 1 amide bonds. The van der Waals surface area contributed by atoms with Crippen LogP contribution in [0.2, 0.25) is 0 Å². The Morgan fingerprint density at radius 3 is 2.42 bits per heavy atom. The molecule has 1 aliphatic heterocycles. The third-order valence-corrected chi connectivity index (χ3v) is 3.87. The molecule has 0 N–H and O–H groups in total. The highest BCUT2D eigenvalue weighted by Crippen LogP contribution is 2.25. The van der Waals surface area contributed by atoms with Crippen LogP contribution in [0.1, 0.15) is 49.3 Å². The predicted molar refractivity (Wildman–Crippen MR) is 95.0 cm³/mol. The summed E-state index contributed by atoms with van der Waals surface area (Å²) in [7, 11) is 0. The SMILES string of the molecule is CCOC(=O)c1ccc(-n2cc3c(n2)CN(C(=O)OC(C)(C)C)C3)cc1. The number of benzene rings is 1. The van der Waals surface area contributed by atoms with Gasteiger partial charge >= 0.3 is 12.1 Å². The maximum Gasteiger partial charge on any atom is 0.410 e. The first-order valence-electron chi connectivity index (χ1n) is 8.60. The Morgan fingerprint density at radius 1 is 1.15 bits per heavy atom. The fourth-order valence-corrected chi connectivity index (χ4v) is 2.71. The summed E-state index contributed by atoms with van der Waals surface area (Å²) in [6, 6.07) is 7.07. The fraction of sp³-hybridized carbons (Fsp3) is 0.421. The van der Waals surface area contributed by atoms with E-state index in [2.05, 4.69) is 5.10 Å². The number of ether oxygens (including phenoxy) is 2. The summed E-state index contributed by atoms with van der Waals surface area (Å²) >= 11 is 0. The lowest BCUT2D eigenvalue weighted by molar-refractivity contribution is 0.0239. The minimum absolute atomic E-state index is 0.333. The van der Waals surface area contributed by atoms with Gasteiger partial charge in [-0.25, -0.2) is 14.3 Å². The quantitative estimate of drug-likeness (QED) is 0.788. The van der Waals surface area contributed by atoms with Gasteiger partial charge in [-0.1, -0.05) is 0 Å². The Balaban J connectivity index is 1.69. The van der Waals surface area contributed by atoms with Gasteiger partial charge in [0.15, 0.2) is 0 Å². The van der Waals surface area contributed by atoms with Crippen molar-refractivity contribution in [2.45, 2.75) is 46.4 Å². The molecule has 0 aliphatic carbocycles. The second-order valence-corrected chi connectivity index (χ2v) is 7.15. The minimum atomic E-state index is -0.516. The number of aromatic nitrogens is 2. The number of nitrogens with zero attached hydrogens (tertiary/aromatic N) is 3. The molecule has 1 aromatic heterocycles. The molecule has 26 heavy (non-hydrogen) atoms. The summed E-state index contributed by atoms with van der Waals surface area (Å²) in [5.74, 6) is -0.338. The standard InChI is InChI=1S/C19H23N3O4/c1-5-25-17(23)13-6-8-15(9-7-13)22-11-14-10-21(12-16(14)20-22)18(24)26-19(2,3)4/h6-9,11H,5,10,12H2,1-4H3. The lowest BCUT2D eigenvalue weighted by Crippen LogP contribution is -2.33. The number of amides is 1. The molecule has 0 saturated heterocycles. The van der Waals surface area contributed by atoms with E-state index in [9.17, 15) is 9.59 Å². The Labute approximate surface area is 152 Å². The first kappa shape index (κ1) is 18.0. The zero-order valence-electron chi connectivity index (χ0n) is 15.5. The number of carbonyl (C=O) groups is 2. The number of carbonyl (C=O) groups excluding carboxylic acids is 2. The van der Waals surface area contributed by atoms with Crippen molar-refractivity contribution in [2.75, 3.05) is 6.61 Å². The summed E-state index contributed by atoms with van der Waals surface area (Å²) in [6.07, 6.45) is 1.57. The molecule has 0 saturated carbocycles. The number of hydrogen-bond donors (Lipinski definition) is 0. The van der Waals surface area contributed by atoms with E-state index in [1.54, 1.807) is 28.6 Å². The average molecular weight is 357 g/mol. The summed E-state index contributed by atoms with van der Waals surface area (Å²) in [4.78, 5) is 25.5. The molecule has 0 fully saturated rings. The van der Waals surface area contributed by atoms with Gasteiger partial charge in [0.2, 0.25) is 0 Å². The molecule has 0 bridgehead atoms. The minimum Gasteiger partial charge on any atom is -0.462 e. The summed E-state index contributed by atoms with van der Waals surface area (Å²) in [5.41, 5.74) is 2.68. The zero-order valence-corrected chi connectivity index (χ0v) is 15.5. The maximum absolute atomic E-state index is 12.2. The number of rotatable bonds is 3. The molecule has 0 atom stereocenters. The molecule has 1 aliphatic rings. The van der Waals surface area contributed by atoms with Gasteiger partial charge in [-0.05, 0) is 52.0 Å². The molecule has 1 aromatic carbocycles. The molecule has 7 heteroatoms. The third-order valence-electron chi connectivity index (χ3n) is 3.87. The average Bonchev–Trinajstić information content (AvgIpc) is 3.12. The summed E-state index contributed by atoms with van der Waals surface area (Å²) in [5, 5.41) is 4.55. The van der Waals surface area contributed by atoms with Crippen molar-refractivity contribution in [3.8, 4) is 5.69 Å². The van der Waals surface area contributed by atoms with E-state index >= 15 is 0 Å². The van der Waals surface area contributed by atoms with Crippen molar-refractivity contribution in [1.82, 2.24) is 14.7 Å². The van der Waals surface area contributed by atoms with Crippen molar-refractivity contribution in [2.24, 2.45) is 0 Å². The number of esters is 1. The van der Waals surface area contributed by atoms with Crippen LogP contribution in [-0.4, -0.2) is 39.0 Å². The van der Waals surface area contributed by atoms with Gasteiger partial charge in [-0.3, -0.25) is 4.90 Å². The topological polar surface area (TPSA) is 73.7 Å². The molecule has 2 heterocycles. The highest BCUT2D eigenvalue weighted by Gasteiger charge is 2.30. The number of hydrogen-bond acceptors (Lipinski definition) is 5.